The Kier molecular flexibility index (Phi) is 2.71. The molecule has 0 amide bonds. The fourth-order valence-electron chi connectivity index (χ4n) is 3.70. The molecule has 3 fully saturated rings. The van der Waals surface area contributed by atoms with Crippen LogP contribution in [-0.2, 0) is 6.54 Å². The van der Waals surface area contributed by atoms with Crippen LogP contribution in [0.4, 0.5) is 0 Å². The number of thiazole rings is 1. The number of likely N-dealkylation sites (tertiary alicyclic amines) is 2. The van der Waals surface area contributed by atoms with E-state index >= 15 is 0 Å². The van der Waals surface area contributed by atoms with E-state index in [4.69, 9.17) is 0 Å². The number of aromatic nitrogens is 1. The zero-order valence-electron chi connectivity index (χ0n) is 11.0. The molecule has 0 N–H and O–H groups in total. The van der Waals surface area contributed by atoms with Crippen molar-refractivity contribution in [2.24, 2.45) is 11.8 Å². The van der Waals surface area contributed by atoms with Crippen molar-refractivity contribution in [3.8, 4) is 0 Å². The number of hydrogen-bond acceptors (Lipinski definition) is 4. The van der Waals surface area contributed by atoms with E-state index in [1.165, 1.54) is 49.7 Å². The molecule has 2 saturated heterocycles. The highest BCUT2D eigenvalue weighted by Crippen LogP contribution is 2.38. The molecule has 1 saturated carbocycles. The largest absolute Gasteiger partial charge is 0.300 e. The SMILES string of the molecule is Cc1nc(CN2CC3CN(C4CC4)CC3C2)cs1. The summed E-state index contributed by atoms with van der Waals surface area (Å²) in [4.78, 5) is 9.96. The molecule has 4 rings (SSSR count). The van der Waals surface area contributed by atoms with Gasteiger partial charge in [0.25, 0.3) is 0 Å². The lowest BCUT2D eigenvalue weighted by atomic mass is 10.0. The van der Waals surface area contributed by atoms with Gasteiger partial charge in [0.1, 0.15) is 0 Å². The molecule has 3 aliphatic rings. The summed E-state index contributed by atoms with van der Waals surface area (Å²) in [5.74, 6) is 1.87. The summed E-state index contributed by atoms with van der Waals surface area (Å²) in [7, 11) is 0. The molecule has 3 nitrogen and oxygen atoms in total. The van der Waals surface area contributed by atoms with E-state index < -0.39 is 0 Å². The predicted molar refractivity (Wildman–Crippen MR) is 73.7 cm³/mol. The van der Waals surface area contributed by atoms with Gasteiger partial charge in [0.15, 0.2) is 0 Å². The van der Waals surface area contributed by atoms with Crippen molar-refractivity contribution in [1.82, 2.24) is 14.8 Å². The van der Waals surface area contributed by atoms with Gasteiger partial charge in [0.05, 0.1) is 10.7 Å². The van der Waals surface area contributed by atoms with Crippen LogP contribution in [0.2, 0.25) is 0 Å². The highest BCUT2D eigenvalue weighted by molar-refractivity contribution is 7.09. The summed E-state index contributed by atoms with van der Waals surface area (Å²) in [6.45, 7) is 8.49. The summed E-state index contributed by atoms with van der Waals surface area (Å²) >= 11 is 1.78. The smallest absolute Gasteiger partial charge is 0.0897 e. The summed E-state index contributed by atoms with van der Waals surface area (Å²) in [5.41, 5.74) is 1.27. The zero-order chi connectivity index (χ0) is 12.1. The van der Waals surface area contributed by atoms with Gasteiger partial charge >= 0.3 is 0 Å². The van der Waals surface area contributed by atoms with Crippen molar-refractivity contribution in [2.75, 3.05) is 26.2 Å². The van der Waals surface area contributed by atoms with E-state index in [1.54, 1.807) is 11.3 Å². The van der Waals surface area contributed by atoms with Crippen LogP contribution in [-0.4, -0.2) is 47.0 Å². The van der Waals surface area contributed by atoms with E-state index in [-0.39, 0.29) is 0 Å². The van der Waals surface area contributed by atoms with Crippen LogP contribution in [0.1, 0.15) is 23.5 Å². The fourth-order valence-corrected chi connectivity index (χ4v) is 4.31. The van der Waals surface area contributed by atoms with Gasteiger partial charge in [-0.2, -0.15) is 0 Å². The molecule has 0 bridgehead atoms. The Morgan fingerprint density at radius 3 is 2.50 bits per heavy atom. The van der Waals surface area contributed by atoms with Crippen molar-refractivity contribution in [1.29, 1.82) is 0 Å². The maximum atomic E-state index is 4.59. The number of nitrogens with zero attached hydrogens (tertiary/aromatic N) is 3. The third-order valence-corrected chi connectivity index (χ3v) is 5.53. The Balaban J connectivity index is 1.35. The first kappa shape index (κ1) is 11.4. The van der Waals surface area contributed by atoms with Gasteiger partial charge in [-0.15, -0.1) is 11.3 Å². The third kappa shape index (κ3) is 2.10. The van der Waals surface area contributed by atoms with Gasteiger partial charge in [-0.1, -0.05) is 0 Å². The van der Waals surface area contributed by atoms with Crippen molar-refractivity contribution in [3.63, 3.8) is 0 Å². The Labute approximate surface area is 113 Å². The van der Waals surface area contributed by atoms with Crippen LogP contribution in [0.5, 0.6) is 0 Å². The highest BCUT2D eigenvalue weighted by atomic mass is 32.1. The molecule has 1 aliphatic carbocycles. The minimum Gasteiger partial charge on any atom is -0.300 e. The molecule has 0 radical (unpaired) electrons. The molecule has 3 heterocycles. The molecule has 2 aliphatic heterocycles. The first-order valence-electron chi connectivity index (χ1n) is 7.15. The Hall–Kier alpha value is -0.450. The molecule has 2 atom stereocenters. The molecular weight excluding hydrogens is 242 g/mol. The van der Waals surface area contributed by atoms with Gasteiger partial charge in [-0.25, -0.2) is 4.98 Å². The van der Waals surface area contributed by atoms with Gasteiger partial charge in [-0.3, -0.25) is 9.80 Å². The van der Waals surface area contributed by atoms with Crippen molar-refractivity contribution in [3.05, 3.63) is 16.1 Å². The molecule has 2 unspecified atom stereocenters. The van der Waals surface area contributed by atoms with Crippen molar-refractivity contribution in [2.45, 2.75) is 32.4 Å². The average molecular weight is 263 g/mol. The number of hydrogen-bond donors (Lipinski definition) is 0. The average Bonchev–Trinajstić information content (AvgIpc) is 2.84. The quantitative estimate of drug-likeness (QED) is 0.831. The van der Waals surface area contributed by atoms with Gasteiger partial charge in [-0.05, 0) is 31.6 Å². The van der Waals surface area contributed by atoms with Crippen LogP contribution >= 0.6 is 11.3 Å². The first-order chi connectivity index (χ1) is 8.78. The van der Waals surface area contributed by atoms with E-state index in [1.807, 2.05) is 0 Å². The van der Waals surface area contributed by atoms with E-state index in [2.05, 4.69) is 27.1 Å². The second kappa shape index (κ2) is 4.29. The lowest BCUT2D eigenvalue weighted by Crippen LogP contribution is -2.30. The standard InChI is InChI=1S/C14H21N3S/c1-10-15-13(9-18-10)8-16-4-11-6-17(14-2-3-14)7-12(11)5-16/h9,11-12,14H,2-8H2,1H3. The molecule has 18 heavy (non-hydrogen) atoms. The van der Waals surface area contributed by atoms with Crippen LogP contribution in [0.25, 0.3) is 0 Å². The van der Waals surface area contributed by atoms with Gasteiger partial charge < -0.3 is 0 Å². The van der Waals surface area contributed by atoms with E-state index in [0.29, 0.717) is 0 Å². The lowest BCUT2D eigenvalue weighted by Gasteiger charge is -2.20. The zero-order valence-corrected chi connectivity index (χ0v) is 11.8. The van der Waals surface area contributed by atoms with Crippen LogP contribution in [0.15, 0.2) is 5.38 Å². The molecule has 1 aromatic heterocycles. The maximum Gasteiger partial charge on any atom is 0.0897 e. The molecule has 1 aromatic rings. The van der Waals surface area contributed by atoms with Gasteiger partial charge in [0.2, 0.25) is 0 Å². The number of rotatable bonds is 3. The van der Waals surface area contributed by atoms with E-state index in [0.717, 1.165) is 24.4 Å². The first-order valence-corrected chi connectivity index (χ1v) is 8.03. The highest BCUT2D eigenvalue weighted by Gasteiger charge is 2.44. The minimum absolute atomic E-state index is 0.935. The second-order valence-electron chi connectivity index (χ2n) is 6.26. The maximum absolute atomic E-state index is 4.59. The summed E-state index contributed by atoms with van der Waals surface area (Å²) in [5, 5.41) is 3.42. The monoisotopic (exact) mass is 263 g/mol. The van der Waals surface area contributed by atoms with Crippen molar-refractivity contribution < 1.29 is 0 Å². The van der Waals surface area contributed by atoms with Gasteiger partial charge in [0, 0.05) is 44.1 Å². The van der Waals surface area contributed by atoms with Crippen LogP contribution < -0.4 is 0 Å². The van der Waals surface area contributed by atoms with Crippen molar-refractivity contribution >= 4 is 11.3 Å². The predicted octanol–water partition coefficient (Wildman–Crippen LogP) is 1.98. The number of aryl methyl sites for hydroxylation is 1. The number of fused-ring (bicyclic) bond motifs is 1. The van der Waals surface area contributed by atoms with Crippen LogP contribution in [0, 0.1) is 18.8 Å². The summed E-state index contributed by atoms with van der Waals surface area (Å²) < 4.78 is 0. The summed E-state index contributed by atoms with van der Waals surface area (Å²) in [6.07, 6.45) is 2.92. The Morgan fingerprint density at radius 1 is 1.22 bits per heavy atom. The third-order valence-electron chi connectivity index (χ3n) is 4.71. The normalized spacial score (nSPS) is 33.2. The molecule has 98 valence electrons. The van der Waals surface area contributed by atoms with E-state index in [9.17, 15) is 0 Å². The topological polar surface area (TPSA) is 19.4 Å². The Bertz CT molecular complexity index is 426. The van der Waals surface area contributed by atoms with Crippen LogP contribution in [0.3, 0.4) is 0 Å². The molecule has 0 spiro atoms. The fraction of sp³-hybridized carbons (Fsp3) is 0.786. The molecule has 0 aromatic carbocycles. The lowest BCUT2D eigenvalue weighted by molar-refractivity contribution is 0.244. The molecule has 4 heteroatoms. The minimum atomic E-state index is 0.935. The molecular formula is C14H21N3S. The Morgan fingerprint density at radius 2 is 1.94 bits per heavy atom. The summed E-state index contributed by atoms with van der Waals surface area (Å²) in [6, 6.07) is 0.963. The second-order valence-corrected chi connectivity index (χ2v) is 7.32.